The Kier molecular flexibility index (Phi) is 3.82. The molecule has 82 valence electrons. The number of carbonyl (C=O) groups is 1. The molecule has 14 heavy (non-hydrogen) atoms. The predicted molar refractivity (Wildman–Crippen MR) is 44.4 cm³/mol. The van der Waals surface area contributed by atoms with Crippen LogP contribution < -0.4 is 0 Å². The first kappa shape index (κ1) is 11.4. The quantitative estimate of drug-likeness (QED) is 0.464. The van der Waals surface area contributed by atoms with Gasteiger partial charge in [0, 0.05) is 0 Å². The fourth-order valence-corrected chi connectivity index (χ4v) is 1.32. The summed E-state index contributed by atoms with van der Waals surface area (Å²) in [5.74, 6) is -0.727. The lowest BCUT2D eigenvalue weighted by molar-refractivity contribution is -0.160. The third-order valence-corrected chi connectivity index (χ3v) is 2.06. The van der Waals surface area contributed by atoms with Gasteiger partial charge in [0.2, 0.25) is 0 Å². The fraction of sp³-hybridized carbons (Fsp3) is 0.875. The molecule has 4 atom stereocenters. The fourth-order valence-electron chi connectivity index (χ4n) is 1.32. The summed E-state index contributed by atoms with van der Waals surface area (Å²) in [5, 5.41) is 27.4. The zero-order valence-electron chi connectivity index (χ0n) is 7.79. The van der Waals surface area contributed by atoms with E-state index in [1.807, 2.05) is 0 Å². The SMILES string of the molecule is CCOC(=O)[C@@H]1O[C@H](CO)[C@@H](O)[C@@H]1O. The summed E-state index contributed by atoms with van der Waals surface area (Å²) in [6.07, 6.45) is -4.73. The Morgan fingerprint density at radius 2 is 2.07 bits per heavy atom. The molecule has 0 radical (unpaired) electrons. The molecule has 1 aliphatic rings. The van der Waals surface area contributed by atoms with Crippen LogP contribution in [0.25, 0.3) is 0 Å². The van der Waals surface area contributed by atoms with Crippen LogP contribution in [0.5, 0.6) is 0 Å². The molecular formula is C8H14O6. The smallest absolute Gasteiger partial charge is 0.338 e. The number of hydrogen-bond donors (Lipinski definition) is 3. The minimum Gasteiger partial charge on any atom is -0.464 e. The van der Waals surface area contributed by atoms with E-state index in [9.17, 15) is 15.0 Å². The first-order valence-corrected chi connectivity index (χ1v) is 4.40. The molecule has 0 aromatic heterocycles. The second-order valence-electron chi connectivity index (χ2n) is 3.01. The van der Waals surface area contributed by atoms with Crippen LogP contribution in [0.2, 0.25) is 0 Å². The van der Waals surface area contributed by atoms with Crippen molar-refractivity contribution in [3.63, 3.8) is 0 Å². The molecule has 0 aromatic rings. The number of hydrogen-bond acceptors (Lipinski definition) is 6. The zero-order valence-corrected chi connectivity index (χ0v) is 7.79. The van der Waals surface area contributed by atoms with Crippen molar-refractivity contribution < 1.29 is 29.6 Å². The standard InChI is InChI=1S/C8H14O6/c1-2-13-8(12)7-6(11)5(10)4(3-9)14-7/h4-7,9-11H,2-3H2,1H3/t4-,5-,6+,7-/m1/s1. The molecule has 0 aliphatic carbocycles. The van der Waals surface area contributed by atoms with E-state index in [0.717, 1.165) is 0 Å². The number of rotatable bonds is 3. The Bertz CT molecular complexity index is 206. The van der Waals surface area contributed by atoms with Gasteiger partial charge >= 0.3 is 5.97 Å². The molecule has 1 fully saturated rings. The molecule has 0 spiro atoms. The van der Waals surface area contributed by atoms with Gasteiger partial charge in [-0.05, 0) is 6.92 Å². The number of carbonyl (C=O) groups excluding carboxylic acids is 1. The molecule has 0 saturated carbocycles. The third kappa shape index (κ3) is 2.03. The summed E-state index contributed by atoms with van der Waals surface area (Å²) in [5.41, 5.74) is 0. The molecule has 0 amide bonds. The molecule has 1 heterocycles. The van der Waals surface area contributed by atoms with E-state index < -0.39 is 37.0 Å². The first-order chi connectivity index (χ1) is 6.61. The zero-order chi connectivity index (χ0) is 10.7. The van der Waals surface area contributed by atoms with Crippen LogP contribution >= 0.6 is 0 Å². The predicted octanol–water partition coefficient (Wildman–Crippen LogP) is -1.97. The summed E-state index contributed by atoms with van der Waals surface area (Å²) in [4.78, 5) is 11.2. The molecule has 1 aliphatic heterocycles. The van der Waals surface area contributed by atoms with E-state index >= 15 is 0 Å². The minimum atomic E-state index is -1.34. The number of esters is 1. The highest BCUT2D eigenvalue weighted by atomic mass is 16.6. The average molecular weight is 206 g/mol. The monoisotopic (exact) mass is 206 g/mol. The van der Waals surface area contributed by atoms with E-state index in [1.165, 1.54) is 0 Å². The van der Waals surface area contributed by atoms with Crippen molar-refractivity contribution in [2.24, 2.45) is 0 Å². The van der Waals surface area contributed by atoms with Gasteiger partial charge in [-0.2, -0.15) is 0 Å². The van der Waals surface area contributed by atoms with Gasteiger partial charge in [-0.25, -0.2) is 4.79 Å². The van der Waals surface area contributed by atoms with Gasteiger partial charge < -0.3 is 24.8 Å². The van der Waals surface area contributed by atoms with Crippen molar-refractivity contribution >= 4 is 5.97 Å². The highest BCUT2D eigenvalue weighted by Gasteiger charge is 2.46. The normalized spacial score (nSPS) is 37.1. The Morgan fingerprint density at radius 1 is 1.43 bits per heavy atom. The summed E-state index contributed by atoms with van der Waals surface area (Å²) in [6, 6.07) is 0. The molecule has 0 aromatic carbocycles. The van der Waals surface area contributed by atoms with Gasteiger partial charge in [-0.1, -0.05) is 0 Å². The second kappa shape index (κ2) is 4.70. The molecule has 0 bridgehead atoms. The van der Waals surface area contributed by atoms with Crippen LogP contribution in [0, 0.1) is 0 Å². The van der Waals surface area contributed by atoms with E-state index in [1.54, 1.807) is 6.92 Å². The van der Waals surface area contributed by atoms with Gasteiger partial charge in [-0.3, -0.25) is 0 Å². The molecule has 0 unspecified atom stereocenters. The van der Waals surface area contributed by atoms with E-state index in [0.29, 0.717) is 0 Å². The van der Waals surface area contributed by atoms with Crippen LogP contribution in [-0.4, -0.2) is 58.9 Å². The summed E-state index contributed by atoms with van der Waals surface area (Å²) >= 11 is 0. The molecule has 1 saturated heterocycles. The Labute approximate surface area is 81.1 Å². The van der Waals surface area contributed by atoms with Gasteiger partial charge in [-0.15, -0.1) is 0 Å². The van der Waals surface area contributed by atoms with Crippen LogP contribution in [-0.2, 0) is 14.3 Å². The number of aliphatic hydroxyl groups excluding tert-OH is 3. The Morgan fingerprint density at radius 3 is 2.50 bits per heavy atom. The van der Waals surface area contributed by atoms with Crippen LogP contribution in [0.15, 0.2) is 0 Å². The lowest BCUT2D eigenvalue weighted by atomic mass is 10.1. The van der Waals surface area contributed by atoms with Crippen LogP contribution in [0.1, 0.15) is 6.92 Å². The summed E-state index contributed by atoms with van der Waals surface area (Å²) in [6.45, 7) is 1.35. The van der Waals surface area contributed by atoms with Crippen molar-refractivity contribution in [1.29, 1.82) is 0 Å². The van der Waals surface area contributed by atoms with E-state index in [4.69, 9.17) is 9.84 Å². The van der Waals surface area contributed by atoms with E-state index in [2.05, 4.69) is 4.74 Å². The molecule has 1 rings (SSSR count). The molecular weight excluding hydrogens is 192 g/mol. The van der Waals surface area contributed by atoms with Crippen LogP contribution in [0.3, 0.4) is 0 Å². The Hall–Kier alpha value is -0.690. The maximum Gasteiger partial charge on any atom is 0.338 e. The topological polar surface area (TPSA) is 96.2 Å². The van der Waals surface area contributed by atoms with Crippen molar-refractivity contribution in [1.82, 2.24) is 0 Å². The summed E-state index contributed by atoms with van der Waals surface area (Å²) in [7, 11) is 0. The van der Waals surface area contributed by atoms with Crippen LogP contribution in [0.4, 0.5) is 0 Å². The van der Waals surface area contributed by atoms with Gasteiger partial charge in [0.05, 0.1) is 13.2 Å². The first-order valence-electron chi connectivity index (χ1n) is 4.40. The minimum absolute atomic E-state index is 0.172. The highest BCUT2D eigenvalue weighted by molar-refractivity contribution is 5.76. The highest BCUT2D eigenvalue weighted by Crippen LogP contribution is 2.21. The summed E-state index contributed by atoms with van der Waals surface area (Å²) < 4.78 is 9.55. The van der Waals surface area contributed by atoms with Gasteiger partial charge in [0.1, 0.15) is 18.3 Å². The largest absolute Gasteiger partial charge is 0.464 e. The van der Waals surface area contributed by atoms with Crippen molar-refractivity contribution in [2.75, 3.05) is 13.2 Å². The van der Waals surface area contributed by atoms with Gasteiger partial charge in [0.25, 0.3) is 0 Å². The molecule has 6 heteroatoms. The maximum absolute atomic E-state index is 11.2. The number of ether oxygens (including phenoxy) is 2. The van der Waals surface area contributed by atoms with Crippen molar-refractivity contribution in [3.05, 3.63) is 0 Å². The molecule has 3 N–H and O–H groups in total. The van der Waals surface area contributed by atoms with Gasteiger partial charge in [0.15, 0.2) is 6.10 Å². The number of aliphatic hydroxyl groups is 3. The second-order valence-corrected chi connectivity index (χ2v) is 3.01. The third-order valence-electron chi connectivity index (χ3n) is 2.06. The average Bonchev–Trinajstić information content (AvgIpc) is 2.44. The Balaban J connectivity index is 2.60. The van der Waals surface area contributed by atoms with Crippen molar-refractivity contribution in [3.8, 4) is 0 Å². The van der Waals surface area contributed by atoms with E-state index in [-0.39, 0.29) is 6.61 Å². The van der Waals surface area contributed by atoms with Crippen molar-refractivity contribution in [2.45, 2.75) is 31.3 Å². The lowest BCUT2D eigenvalue weighted by Gasteiger charge is -2.12. The maximum atomic E-state index is 11.2. The lowest BCUT2D eigenvalue weighted by Crippen LogP contribution is -2.37. The molecule has 6 nitrogen and oxygen atoms in total.